The molecule has 0 amide bonds. The third-order valence-corrected chi connectivity index (χ3v) is 5.12. The summed E-state index contributed by atoms with van der Waals surface area (Å²) in [5.74, 6) is 0. The Morgan fingerprint density at radius 1 is 1.20 bits per heavy atom. The summed E-state index contributed by atoms with van der Waals surface area (Å²) < 4.78 is 0.823. The van der Waals surface area contributed by atoms with E-state index >= 15 is 0 Å². The number of likely N-dealkylation sites (N-methyl/N-ethyl adjacent to an activating group) is 1. The molecule has 20 heavy (non-hydrogen) atoms. The summed E-state index contributed by atoms with van der Waals surface area (Å²) in [5.41, 5.74) is 3.48. The van der Waals surface area contributed by atoms with Crippen LogP contribution in [-0.2, 0) is 0 Å². The third-order valence-electron chi connectivity index (χ3n) is 3.73. The van der Waals surface area contributed by atoms with Gasteiger partial charge in [-0.15, -0.1) is 11.3 Å². The van der Waals surface area contributed by atoms with Crippen molar-refractivity contribution in [2.45, 2.75) is 6.92 Å². The standard InChI is InChI=1S/C15H18ClN3S/c1-11-9-14(16)20-15(11)13-10-12(3-4-17-13)19-7-5-18(2)6-8-19/h3-4,9-10H,5-8H2,1-2H3. The van der Waals surface area contributed by atoms with Crippen LogP contribution in [-0.4, -0.2) is 43.1 Å². The Morgan fingerprint density at radius 3 is 2.60 bits per heavy atom. The second-order valence-corrected chi connectivity index (χ2v) is 6.94. The average molecular weight is 308 g/mol. The van der Waals surface area contributed by atoms with Gasteiger partial charge in [0.2, 0.25) is 0 Å². The number of anilines is 1. The lowest BCUT2D eigenvalue weighted by molar-refractivity contribution is 0.313. The maximum Gasteiger partial charge on any atom is 0.0938 e. The first-order chi connectivity index (χ1) is 9.63. The lowest BCUT2D eigenvalue weighted by atomic mass is 10.2. The molecule has 0 N–H and O–H groups in total. The molecule has 5 heteroatoms. The zero-order chi connectivity index (χ0) is 14.1. The largest absolute Gasteiger partial charge is 0.369 e. The zero-order valence-corrected chi connectivity index (χ0v) is 13.3. The minimum absolute atomic E-state index is 0.823. The highest BCUT2D eigenvalue weighted by Crippen LogP contribution is 2.35. The molecule has 0 saturated carbocycles. The molecule has 1 fully saturated rings. The molecule has 2 aromatic rings. The van der Waals surface area contributed by atoms with Crippen molar-refractivity contribution in [3.8, 4) is 10.6 Å². The predicted octanol–water partition coefficient (Wildman–Crippen LogP) is 3.52. The summed E-state index contributed by atoms with van der Waals surface area (Å²) in [6.07, 6.45) is 1.90. The van der Waals surface area contributed by atoms with E-state index in [1.165, 1.54) is 16.1 Å². The molecule has 1 aliphatic heterocycles. The Kier molecular flexibility index (Phi) is 3.96. The molecule has 3 nitrogen and oxygen atoms in total. The summed E-state index contributed by atoms with van der Waals surface area (Å²) in [4.78, 5) is 10.5. The van der Waals surface area contributed by atoms with Gasteiger partial charge in [0.05, 0.1) is 14.9 Å². The van der Waals surface area contributed by atoms with Gasteiger partial charge >= 0.3 is 0 Å². The number of nitrogens with zero attached hydrogens (tertiary/aromatic N) is 3. The van der Waals surface area contributed by atoms with E-state index in [9.17, 15) is 0 Å². The second-order valence-electron chi connectivity index (χ2n) is 5.25. The van der Waals surface area contributed by atoms with Gasteiger partial charge in [0.25, 0.3) is 0 Å². The molecule has 2 aromatic heterocycles. The van der Waals surface area contributed by atoms with Gasteiger partial charge in [0, 0.05) is 38.1 Å². The molecule has 106 valence electrons. The number of thiophene rings is 1. The van der Waals surface area contributed by atoms with Gasteiger partial charge in [-0.05, 0) is 37.7 Å². The summed E-state index contributed by atoms with van der Waals surface area (Å²) >= 11 is 7.69. The van der Waals surface area contributed by atoms with Gasteiger partial charge in [0.15, 0.2) is 0 Å². The molecular formula is C15H18ClN3S. The molecule has 1 aliphatic rings. The highest BCUT2D eigenvalue weighted by Gasteiger charge is 2.16. The number of piperazine rings is 1. The minimum atomic E-state index is 0.823. The van der Waals surface area contributed by atoms with Crippen LogP contribution in [0.3, 0.4) is 0 Å². The maximum absolute atomic E-state index is 6.09. The first-order valence-electron chi connectivity index (χ1n) is 6.79. The van der Waals surface area contributed by atoms with E-state index in [1.54, 1.807) is 11.3 Å². The van der Waals surface area contributed by atoms with Crippen molar-refractivity contribution in [2.24, 2.45) is 0 Å². The molecule has 0 aliphatic carbocycles. The van der Waals surface area contributed by atoms with Crippen molar-refractivity contribution >= 4 is 28.6 Å². The van der Waals surface area contributed by atoms with Gasteiger partial charge in [0.1, 0.15) is 0 Å². The predicted molar refractivity (Wildman–Crippen MR) is 87.0 cm³/mol. The number of aromatic nitrogens is 1. The fourth-order valence-electron chi connectivity index (χ4n) is 2.50. The van der Waals surface area contributed by atoms with Crippen molar-refractivity contribution in [1.29, 1.82) is 0 Å². The topological polar surface area (TPSA) is 19.4 Å². The summed E-state index contributed by atoms with van der Waals surface area (Å²) in [7, 11) is 2.17. The van der Waals surface area contributed by atoms with E-state index < -0.39 is 0 Å². The Balaban J connectivity index is 1.88. The summed E-state index contributed by atoms with van der Waals surface area (Å²) in [5, 5.41) is 0. The van der Waals surface area contributed by atoms with Crippen LogP contribution in [0.4, 0.5) is 5.69 Å². The normalized spacial score (nSPS) is 16.6. The molecule has 0 unspecified atom stereocenters. The molecule has 0 radical (unpaired) electrons. The smallest absolute Gasteiger partial charge is 0.0938 e. The maximum atomic E-state index is 6.09. The van der Waals surface area contributed by atoms with Crippen LogP contribution in [0.5, 0.6) is 0 Å². The fourth-order valence-corrected chi connectivity index (χ4v) is 3.76. The zero-order valence-electron chi connectivity index (χ0n) is 11.8. The van der Waals surface area contributed by atoms with E-state index in [0.29, 0.717) is 0 Å². The number of halogens is 1. The Labute approximate surface area is 128 Å². The molecule has 1 saturated heterocycles. The molecule has 3 heterocycles. The Hall–Kier alpha value is -1.10. The highest BCUT2D eigenvalue weighted by atomic mass is 35.5. The van der Waals surface area contributed by atoms with Crippen LogP contribution < -0.4 is 4.90 Å². The first kappa shape index (κ1) is 13.9. The van der Waals surface area contributed by atoms with Crippen LogP contribution in [0, 0.1) is 6.92 Å². The van der Waals surface area contributed by atoms with Crippen LogP contribution in [0.1, 0.15) is 5.56 Å². The van der Waals surface area contributed by atoms with Crippen molar-refractivity contribution in [3.05, 3.63) is 34.3 Å². The molecule has 0 bridgehead atoms. The SMILES string of the molecule is Cc1cc(Cl)sc1-c1cc(N2CCN(C)CC2)ccn1. The fraction of sp³-hybridized carbons (Fsp3) is 0.400. The van der Waals surface area contributed by atoms with E-state index in [-0.39, 0.29) is 0 Å². The number of pyridine rings is 1. The number of hydrogen-bond donors (Lipinski definition) is 0. The van der Waals surface area contributed by atoms with E-state index in [4.69, 9.17) is 11.6 Å². The summed E-state index contributed by atoms with van der Waals surface area (Å²) in [6.45, 7) is 6.46. The second kappa shape index (κ2) is 5.72. The number of rotatable bonds is 2. The highest BCUT2D eigenvalue weighted by molar-refractivity contribution is 7.19. The van der Waals surface area contributed by atoms with Crippen molar-refractivity contribution in [2.75, 3.05) is 38.1 Å². The van der Waals surface area contributed by atoms with Gasteiger partial charge in [-0.1, -0.05) is 11.6 Å². The third kappa shape index (κ3) is 2.82. The van der Waals surface area contributed by atoms with Gasteiger partial charge in [-0.3, -0.25) is 4.98 Å². The summed E-state index contributed by atoms with van der Waals surface area (Å²) in [6, 6.07) is 6.28. The monoisotopic (exact) mass is 307 g/mol. The van der Waals surface area contributed by atoms with Crippen LogP contribution in [0.15, 0.2) is 24.4 Å². The van der Waals surface area contributed by atoms with Crippen molar-refractivity contribution in [1.82, 2.24) is 9.88 Å². The number of aryl methyl sites for hydroxylation is 1. The van der Waals surface area contributed by atoms with Crippen LogP contribution >= 0.6 is 22.9 Å². The lowest BCUT2D eigenvalue weighted by Gasteiger charge is -2.34. The van der Waals surface area contributed by atoms with Gasteiger partial charge < -0.3 is 9.80 Å². The van der Waals surface area contributed by atoms with E-state index in [2.05, 4.69) is 40.9 Å². The van der Waals surface area contributed by atoms with Gasteiger partial charge in [-0.25, -0.2) is 0 Å². The van der Waals surface area contributed by atoms with Crippen LogP contribution in [0.25, 0.3) is 10.6 Å². The Morgan fingerprint density at radius 2 is 1.95 bits per heavy atom. The quantitative estimate of drug-likeness (QED) is 0.846. The minimum Gasteiger partial charge on any atom is -0.369 e. The van der Waals surface area contributed by atoms with E-state index in [0.717, 1.165) is 36.2 Å². The lowest BCUT2D eigenvalue weighted by Crippen LogP contribution is -2.44. The first-order valence-corrected chi connectivity index (χ1v) is 7.99. The van der Waals surface area contributed by atoms with E-state index in [1.807, 2.05) is 12.3 Å². The van der Waals surface area contributed by atoms with Crippen molar-refractivity contribution in [3.63, 3.8) is 0 Å². The molecule has 0 aromatic carbocycles. The van der Waals surface area contributed by atoms with Gasteiger partial charge in [-0.2, -0.15) is 0 Å². The molecule has 0 spiro atoms. The Bertz CT molecular complexity index is 603. The average Bonchev–Trinajstić information content (AvgIpc) is 2.79. The number of hydrogen-bond acceptors (Lipinski definition) is 4. The molecule has 3 rings (SSSR count). The van der Waals surface area contributed by atoms with Crippen molar-refractivity contribution < 1.29 is 0 Å². The van der Waals surface area contributed by atoms with Crippen LogP contribution in [0.2, 0.25) is 4.34 Å². The molecular weight excluding hydrogens is 290 g/mol. The molecule has 0 atom stereocenters.